The van der Waals surface area contributed by atoms with Gasteiger partial charge in [-0.05, 0) is 48.8 Å². The van der Waals surface area contributed by atoms with E-state index < -0.39 is 29.0 Å². The molecule has 134 valence electrons. The molecule has 0 aromatic heterocycles. The van der Waals surface area contributed by atoms with Crippen LogP contribution in [0, 0.1) is 0 Å². The van der Waals surface area contributed by atoms with Crippen LogP contribution in [0.25, 0.3) is 0 Å². The summed E-state index contributed by atoms with van der Waals surface area (Å²) in [5.74, 6) is 0. The fraction of sp³-hybridized carbons (Fsp3) is 0.533. The minimum atomic E-state index is -4.88. The van der Waals surface area contributed by atoms with Crippen molar-refractivity contribution in [3.8, 4) is 0 Å². The summed E-state index contributed by atoms with van der Waals surface area (Å²) >= 11 is 4.78. The van der Waals surface area contributed by atoms with Crippen molar-refractivity contribution >= 4 is 17.3 Å². The molecule has 9 heteroatoms. The molecule has 2 rings (SSSR count). The zero-order chi connectivity index (χ0) is 18.2. The first-order valence-electron chi connectivity index (χ1n) is 7.32. The van der Waals surface area contributed by atoms with Gasteiger partial charge in [0, 0.05) is 0 Å². The number of thiocarbonyl (C=S) groups is 1. The Labute approximate surface area is 140 Å². The van der Waals surface area contributed by atoms with Crippen LogP contribution in [0.4, 0.5) is 26.3 Å². The number of hydrogen-bond acceptors (Lipinski definition) is 1. The Morgan fingerprint density at radius 3 is 1.75 bits per heavy atom. The minimum Gasteiger partial charge on any atom is -0.376 e. The molecule has 0 radical (unpaired) electrons. The SMILES string of the molecule is NC(=S)NC1(c2cc(C(F)(F)F)cc(C(F)(F)F)c2)CCCCC1. The second-order valence-corrected chi connectivity index (χ2v) is 6.37. The molecule has 0 atom stereocenters. The molecule has 1 aromatic carbocycles. The fourth-order valence-electron chi connectivity index (χ4n) is 3.11. The highest BCUT2D eigenvalue weighted by atomic mass is 32.1. The van der Waals surface area contributed by atoms with E-state index in [2.05, 4.69) is 5.32 Å². The summed E-state index contributed by atoms with van der Waals surface area (Å²) in [5.41, 5.74) is 1.61. The van der Waals surface area contributed by atoms with E-state index in [1.54, 1.807) is 0 Å². The Morgan fingerprint density at radius 1 is 0.917 bits per heavy atom. The first-order valence-corrected chi connectivity index (χ1v) is 7.72. The van der Waals surface area contributed by atoms with Gasteiger partial charge in [0.15, 0.2) is 5.11 Å². The third-order valence-electron chi connectivity index (χ3n) is 4.21. The molecule has 0 saturated heterocycles. The van der Waals surface area contributed by atoms with Crippen LogP contribution in [0.5, 0.6) is 0 Å². The quantitative estimate of drug-likeness (QED) is 0.585. The molecule has 1 saturated carbocycles. The monoisotopic (exact) mass is 370 g/mol. The number of halogens is 6. The molecule has 1 fully saturated rings. The third-order valence-corrected chi connectivity index (χ3v) is 4.31. The number of hydrogen-bond donors (Lipinski definition) is 2. The number of rotatable bonds is 2. The summed E-state index contributed by atoms with van der Waals surface area (Å²) in [5, 5.41) is 2.59. The van der Waals surface area contributed by atoms with Gasteiger partial charge in [-0.25, -0.2) is 0 Å². The zero-order valence-corrected chi connectivity index (χ0v) is 13.3. The fourth-order valence-corrected chi connectivity index (χ4v) is 3.30. The standard InChI is InChI=1S/C15H16F6N2S/c16-14(17,18)10-6-9(7-11(8-10)15(19,20)21)13(23-12(22)24)4-2-1-3-5-13/h6-8H,1-5H2,(H3,22,23,24). The van der Waals surface area contributed by atoms with Crippen LogP contribution in [-0.2, 0) is 17.9 Å². The zero-order valence-electron chi connectivity index (χ0n) is 12.5. The summed E-state index contributed by atoms with van der Waals surface area (Å²) < 4.78 is 78.3. The van der Waals surface area contributed by atoms with E-state index in [-0.39, 0.29) is 16.7 Å². The summed E-state index contributed by atoms with van der Waals surface area (Å²) in [4.78, 5) is 0. The van der Waals surface area contributed by atoms with Gasteiger partial charge in [-0.2, -0.15) is 26.3 Å². The average Bonchev–Trinajstić information content (AvgIpc) is 2.45. The van der Waals surface area contributed by atoms with Gasteiger partial charge in [-0.1, -0.05) is 19.3 Å². The molecule has 0 bridgehead atoms. The second-order valence-electron chi connectivity index (χ2n) is 5.93. The lowest BCUT2D eigenvalue weighted by Gasteiger charge is -2.39. The van der Waals surface area contributed by atoms with E-state index >= 15 is 0 Å². The molecule has 0 heterocycles. The van der Waals surface area contributed by atoms with E-state index in [4.69, 9.17) is 18.0 Å². The maximum absolute atomic E-state index is 13.1. The average molecular weight is 370 g/mol. The van der Waals surface area contributed by atoms with Crippen LogP contribution in [0.3, 0.4) is 0 Å². The van der Waals surface area contributed by atoms with Crippen LogP contribution in [-0.4, -0.2) is 5.11 Å². The largest absolute Gasteiger partial charge is 0.416 e. The van der Waals surface area contributed by atoms with Crippen LogP contribution in [0.15, 0.2) is 18.2 Å². The molecule has 0 spiro atoms. The van der Waals surface area contributed by atoms with E-state index in [1.807, 2.05) is 0 Å². The van der Waals surface area contributed by atoms with Gasteiger partial charge in [0.1, 0.15) is 0 Å². The van der Waals surface area contributed by atoms with E-state index in [0.717, 1.165) is 18.6 Å². The first-order chi connectivity index (χ1) is 10.9. The summed E-state index contributed by atoms with van der Waals surface area (Å²) in [7, 11) is 0. The number of benzene rings is 1. The highest BCUT2D eigenvalue weighted by molar-refractivity contribution is 7.80. The van der Waals surface area contributed by atoms with Gasteiger partial charge in [-0.3, -0.25) is 0 Å². The molecular weight excluding hydrogens is 354 g/mol. The Morgan fingerprint density at radius 2 is 1.38 bits per heavy atom. The number of alkyl halides is 6. The molecule has 0 amide bonds. The van der Waals surface area contributed by atoms with Crippen LogP contribution in [0.1, 0.15) is 48.8 Å². The molecule has 3 N–H and O–H groups in total. The topological polar surface area (TPSA) is 38.0 Å². The van der Waals surface area contributed by atoms with Crippen molar-refractivity contribution in [2.45, 2.75) is 50.0 Å². The predicted octanol–water partition coefficient (Wildman–Crippen LogP) is 4.72. The van der Waals surface area contributed by atoms with Gasteiger partial charge in [0.05, 0.1) is 16.7 Å². The van der Waals surface area contributed by atoms with Crippen LogP contribution >= 0.6 is 12.2 Å². The Hall–Kier alpha value is -1.51. The first kappa shape index (κ1) is 18.8. The van der Waals surface area contributed by atoms with Crippen molar-refractivity contribution in [3.63, 3.8) is 0 Å². The Balaban J connectivity index is 2.63. The number of nitrogens with one attached hydrogen (secondary N) is 1. The normalized spacial score (nSPS) is 18.2. The van der Waals surface area contributed by atoms with Gasteiger partial charge < -0.3 is 11.1 Å². The molecule has 0 aliphatic heterocycles. The molecule has 1 aromatic rings. The van der Waals surface area contributed by atoms with Crippen molar-refractivity contribution in [1.29, 1.82) is 0 Å². The summed E-state index contributed by atoms with van der Waals surface area (Å²) in [6, 6.07) is 1.64. The minimum absolute atomic E-state index is 0.0860. The highest BCUT2D eigenvalue weighted by Gasteiger charge is 2.41. The molecule has 24 heavy (non-hydrogen) atoms. The maximum atomic E-state index is 13.1. The highest BCUT2D eigenvalue weighted by Crippen LogP contribution is 2.42. The smallest absolute Gasteiger partial charge is 0.376 e. The van der Waals surface area contributed by atoms with E-state index in [9.17, 15) is 26.3 Å². The van der Waals surface area contributed by atoms with Crippen molar-refractivity contribution in [2.24, 2.45) is 5.73 Å². The molecule has 1 aliphatic carbocycles. The molecule has 2 nitrogen and oxygen atoms in total. The second kappa shape index (κ2) is 6.42. The van der Waals surface area contributed by atoms with Crippen molar-refractivity contribution in [3.05, 3.63) is 34.9 Å². The van der Waals surface area contributed by atoms with E-state index in [1.165, 1.54) is 0 Å². The maximum Gasteiger partial charge on any atom is 0.416 e. The lowest BCUT2D eigenvalue weighted by atomic mass is 9.75. The van der Waals surface area contributed by atoms with Gasteiger partial charge in [-0.15, -0.1) is 0 Å². The summed E-state index contributed by atoms with van der Waals surface area (Å²) in [6.45, 7) is 0. The van der Waals surface area contributed by atoms with Crippen molar-refractivity contribution in [2.75, 3.05) is 0 Å². The molecule has 0 unspecified atom stereocenters. The van der Waals surface area contributed by atoms with Gasteiger partial charge in [0.25, 0.3) is 0 Å². The number of nitrogens with two attached hydrogens (primary N) is 1. The Bertz CT molecular complexity index is 585. The summed E-state index contributed by atoms with van der Waals surface area (Å²) in [6.07, 6.45) is -6.86. The van der Waals surface area contributed by atoms with E-state index in [0.29, 0.717) is 25.7 Å². The van der Waals surface area contributed by atoms with Crippen LogP contribution in [0.2, 0.25) is 0 Å². The van der Waals surface area contributed by atoms with Crippen molar-refractivity contribution in [1.82, 2.24) is 5.32 Å². The van der Waals surface area contributed by atoms with Gasteiger partial charge in [0.2, 0.25) is 0 Å². The third kappa shape index (κ3) is 4.12. The Kier molecular flexibility index (Phi) is 5.03. The van der Waals surface area contributed by atoms with Crippen molar-refractivity contribution < 1.29 is 26.3 Å². The lowest BCUT2D eigenvalue weighted by molar-refractivity contribution is -0.143. The van der Waals surface area contributed by atoms with Gasteiger partial charge >= 0.3 is 12.4 Å². The molecular formula is C15H16F6N2S. The lowest BCUT2D eigenvalue weighted by Crippen LogP contribution is -2.49. The predicted molar refractivity (Wildman–Crippen MR) is 81.1 cm³/mol. The molecule has 1 aliphatic rings. The van der Waals surface area contributed by atoms with Crippen LogP contribution < -0.4 is 11.1 Å².